The molecular formula is C14H23N3O4. The van der Waals surface area contributed by atoms with Gasteiger partial charge in [0.1, 0.15) is 11.5 Å². The fourth-order valence-corrected chi connectivity index (χ4v) is 2.00. The Labute approximate surface area is 124 Å². The van der Waals surface area contributed by atoms with Gasteiger partial charge >= 0.3 is 12.0 Å². The molecular weight excluding hydrogens is 274 g/mol. The van der Waals surface area contributed by atoms with Crippen molar-refractivity contribution >= 4 is 12.0 Å². The summed E-state index contributed by atoms with van der Waals surface area (Å²) >= 11 is 0. The molecule has 0 bridgehead atoms. The van der Waals surface area contributed by atoms with E-state index in [0.29, 0.717) is 36.9 Å². The van der Waals surface area contributed by atoms with Crippen LogP contribution >= 0.6 is 0 Å². The van der Waals surface area contributed by atoms with Crippen LogP contribution in [0.2, 0.25) is 0 Å². The Morgan fingerprint density at radius 2 is 2.14 bits per heavy atom. The highest BCUT2D eigenvalue weighted by Gasteiger charge is 2.10. The summed E-state index contributed by atoms with van der Waals surface area (Å²) in [6, 6.07) is 1.50. The molecule has 1 aromatic rings. The first-order valence-electron chi connectivity index (χ1n) is 7.17. The monoisotopic (exact) mass is 297 g/mol. The number of hydrogen-bond donors (Lipinski definition) is 3. The van der Waals surface area contributed by atoms with E-state index < -0.39 is 5.97 Å². The number of carbonyl (C=O) groups excluding carboxylic acids is 1. The molecule has 2 amide bonds. The summed E-state index contributed by atoms with van der Waals surface area (Å²) < 4.78 is 4.90. The zero-order valence-corrected chi connectivity index (χ0v) is 12.5. The van der Waals surface area contributed by atoms with E-state index in [1.54, 1.807) is 13.0 Å². The summed E-state index contributed by atoms with van der Waals surface area (Å²) in [7, 11) is 0. The zero-order chi connectivity index (χ0) is 15.7. The molecule has 0 spiro atoms. The maximum absolute atomic E-state index is 11.6. The van der Waals surface area contributed by atoms with Crippen LogP contribution in [0.5, 0.6) is 0 Å². The first-order chi connectivity index (χ1) is 10.0. The molecule has 0 aliphatic rings. The number of carbonyl (C=O) groups is 2. The van der Waals surface area contributed by atoms with Crippen LogP contribution in [0.3, 0.4) is 0 Å². The predicted molar refractivity (Wildman–Crippen MR) is 76.7 cm³/mol. The number of amides is 2. The minimum absolute atomic E-state index is 0.177. The number of rotatable bonds is 9. The highest BCUT2D eigenvalue weighted by atomic mass is 16.5. The molecule has 1 aromatic heterocycles. The Morgan fingerprint density at radius 1 is 1.38 bits per heavy atom. The Balaban J connectivity index is 2.15. The molecule has 0 saturated heterocycles. The summed E-state index contributed by atoms with van der Waals surface area (Å²) in [5.74, 6) is 0.248. The van der Waals surface area contributed by atoms with Gasteiger partial charge in [0, 0.05) is 19.0 Å². The lowest BCUT2D eigenvalue weighted by Crippen LogP contribution is -2.36. The van der Waals surface area contributed by atoms with E-state index >= 15 is 0 Å². The van der Waals surface area contributed by atoms with Gasteiger partial charge in [-0.3, -0.25) is 4.79 Å². The second-order valence-corrected chi connectivity index (χ2v) is 5.03. The SMILES string of the molecule is CCC(CCNC(=O)NCc1cc(C)on1)CCC(=O)O. The number of urea groups is 1. The van der Waals surface area contributed by atoms with Crippen LogP contribution in [0.4, 0.5) is 4.79 Å². The van der Waals surface area contributed by atoms with Crippen molar-refractivity contribution in [3.63, 3.8) is 0 Å². The van der Waals surface area contributed by atoms with Crippen LogP contribution in [0.1, 0.15) is 44.1 Å². The van der Waals surface area contributed by atoms with E-state index in [9.17, 15) is 9.59 Å². The van der Waals surface area contributed by atoms with Crippen LogP contribution in [0, 0.1) is 12.8 Å². The van der Waals surface area contributed by atoms with Crippen LogP contribution in [0.25, 0.3) is 0 Å². The highest BCUT2D eigenvalue weighted by Crippen LogP contribution is 2.14. The molecule has 3 N–H and O–H groups in total. The van der Waals surface area contributed by atoms with Gasteiger partial charge in [0.05, 0.1) is 6.54 Å². The fraction of sp³-hybridized carbons (Fsp3) is 0.643. The number of aromatic nitrogens is 1. The lowest BCUT2D eigenvalue weighted by Gasteiger charge is -2.14. The summed E-state index contributed by atoms with van der Waals surface area (Å²) in [5.41, 5.74) is 0.676. The molecule has 1 heterocycles. The van der Waals surface area contributed by atoms with E-state index in [-0.39, 0.29) is 12.5 Å². The second kappa shape index (κ2) is 8.99. The van der Waals surface area contributed by atoms with Gasteiger partial charge in [0.25, 0.3) is 0 Å². The standard InChI is InChI=1S/C14H23N3O4/c1-3-11(4-5-13(18)19)6-7-15-14(20)16-9-12-8-10(2)21-17-12/h8,11H,3-7,9H2,1-2H3,(H,18,19)(H2,15,16,20). The van der Waals surface area contributed by atoms with E-state index in [1.165, 1.54) is 0 Å². The third-order valence-electron chi connectivity index (χ3n) is 3.29. The van der Waals surface area contributed by atoms with Crippen molar-refractivity contribution in [2.75, 3.05) is 6.54 Å². The van der Waals surface area contributed by atoms with Crippen molar-refractivity contribution in [3.05, 3.63) is 17.5 Å². The van der Waals surface area contributed by atoms with Crippen LogP contribution in [-0.2, 0) is 11.3 Å². The molecule has 0 radical (unpaired) electrons. The molecule has 0 aliphatic heterocycles. The first kappa shape index (κ1) is 17.0. The van der Waals surface area contributed by atoms with Crippen molar-refractivity contribution in [1.29, 1.82) is 0 Å². The average molecular weight is 297 g/mol. The number of nitrogens with one attached hydrogen (secondary N) is 2. The Bertz CT molecular complexity index is 459. The predicted octanol–water partition coefficient (Wildman–Crippen LogP) is 2.06. The number of hydrogen-bond acceptors (Lipinski definition) is 4. The van der Waals surface area contributed by atoms with E-state index in [1.807, 2.05) is 6.92 Å². The average Bonchev–Trinajstić information content (AvgIpc) is 2.86. The van der Waals surface area contributed by atoms with Gasteiger partial charge in [-0.25, -0.2) is 4.79 Å². The molecule has 21 heavy (non-hydrogen) atoms. The Hall–Kier alpha value is -2.05. The molecule has 7 nitrogen and oxygen atoms in total. The summed E-state index contributed by atoms with van der Waals surface area (Å²) in [6.07, 6.45) is 2.51. The molecule has 1 unspecified atom stereocenters. The molecule has 1 atom stereocenters. The van der Waals surface area contributed by atoms with Crippen molar-refractivity contribution in [1.82, 2.24) is 15.8 Å². The van der Waals surface area contributed by atoms with Crippen molar-refractivity contribution in [2.45, 2.75) is 46.1 Å². The zero-order valence-electron chi connectivity index (χ0n) is 12.5. The number of aliphatic carboxylic acids is 1. The van der Waals surface area contributed by atoms with Crippen LogP contribution in [-0.4, -0.2) is 28.8 Å². The quantitative estimate of drug-likeness (QED) is 0.647. The lowest BCUT2D eigenvalue weighted by atomic mass is 9.97. The highest BCUT2D eigenvalue weighted by molar-refractivity contribution is 5.73. The second-order valence-electron chi connectivity index (χ2n) is 5.03. The summed E-state index contributed by atoms with van der Waals surface area (Å²) in [6.45, 7) is 4.67. The molecule has 0 fully saturated rings. The van der Waals surface area contributed by atoms with Crippen molar-refractivity contribution in [2.24, 2.45) is 5.92 Å². The van der Waals surface area contributed by atoms with Crippen LogP contribution < -0.4 is 10.6 Å². The minimum Gasteiger partial charge on any atom is -0.481 e. The molecule has 118 valence electrons. The van der Waals surface area contributed by atoms with Crippen molar-refractivity contribution < 1.29 is 19.2 Å². The van der Waals surface area contributed by atoms with E-state index in [4.69, 9.17) is 9.63 Å². The van der Waals surface area contributed by atoms with Gasteiger partial charge in [-0.2, -0.15) is 0 Å². The van der Waals surface area contributed by atoms with Gasteiger partial charge < -0.3 is 20.3 Å². The summed E-state index contributed by atoms with van der Waals surface area (Å²) in [4.78, 5) is 22.1. The maximum Gasteiger partial charge on any atom is 0.315 e. The van der Waals surface area contributed by atoms with Gasteiger partial charge in [-0.05, 0) is 25.7 Å². The topological polar surface area (TPSA) is 104 Å². The van der Waals surface area contributed by atoms with Crippen molar-refractivity contribution in [3.8, 4) is 0 Å². The van der Waals surface area contributed by atoms with E-state index in [0.717, 1.165) is 12.8 Å². The van der Waals surface area contributed by atoms with Crippen LogP contribution in [0.15, 0.2) is 10.6 Å². The number of carboxylic acid groups (broad SMARTS) is 1. The third-order valence-corrected chi connectivity index (χ3v) is 3.29. The summed E-state index contributed by atoms with van der Waals surface area (Å²) in [5, 5.41) is 17.9. The number of aryl methyl sites for hydroxylation is 1. The molecule has 0 saturated carbocycles. The van der Waals surface area contributed by atoms with Gasteiger partial charge in [0.2, 0.25) is 0 Å². The fourth-order valence-electron chi connectivity index (χ4n) is 2.00. The Morgan fingerprint density at radius 3 is 2.71 bits per heavy atom. The van der Waals surface area contributed by atoms with Gasteiger partial charge in [0.15, 0.2) is 0 Å². The lowest BCUT2D eigenvalue weighted by molar-refractivity contribution is -0.137. The largest absolute Gasteiger partial charge is 0.481 e. The molecule has 0 aromatic carbocycles. The minimum atomic E-state index is -0.776. The van der Waals surface area contributed by atoms with E-state index in [2.05, 4.69) is 15.8 Å². The number of nitrogens with zero attached hydrogens (tertiary/aromatic N) is 1. The van der Waals surface area contributed by atoms with Gasteiger partial charge in [-0.15, -0.1) is 0 Å². The Kier molecular flexibility index (Phi) is 7.28. The molecule has 0 aliphatic carbocycles. The number of carboxylic acids is 1. The molecule has 7 heteroatoms. The molecule has 1 rings (SSSR count). The smallest absolute Gasteiger partial charge is 0.315 e. The first-order valence-corrected chi connectivity index (χ1v) is 7.17. The van der Waals surface area contributed by atoms with Gasteiger partial charge in [-0.1, -0.05) is 18.5 Å². The third kappa shape index (κ3) is 7.34. The normalized spacial score (nSPS) is 11.9. The maximum atomic E-state index is 11.6.